The smallest absolute Gasteiger partial charge is 0.0255 e. The number of hydrogen-bond acceptors (Lipinski definition) is 1. The van der Waals surface area contributed by atoms with Gasteiger partial charge in [0.1, 0.15) is 0 Å². The van der Waals surface area contributed by atoms with Crippen LogP contribution in [0, 0.1) is 0 Å². The third-order valence-corrected chi connectivity index (χ3v) is 2.35. The van der Waals surface area contributed by atoms with E-state index >= 15 is 0 Å². The van der Waals surface area contributed by atoms with Crippen LogP contribution in [0.4, 0.5) is 0 Å². The summed E-state index contributed by atoms with van der Waals surface area (Å²) in [6, 6.07) is 2.15. The monoisotopic (exact) mass is 224 g/mol. The van der Waals surface area contributed by atoms with Gasteiger partial charge in [0.2, 0.25) is 0 Å². The molecular formula is C5H5IS. The summed E-state index contributed by atoms with van der Waals surface area (Å²) < 4.78 is 1.14. The highest BCUT2D eigenvalue weighted by atomic mass is 127. The van der Waals surface area contributed by atoms with Crippen molar-refractivity contribution in [3.63, 3.8) is 0 Å². The van der Waals surface area contributed by atoms with E-state index in [1.165, 1.54) is 5.56 Å². The maximum Gasteiger partial charge on any atom is 0.0255 e. The van der Waals surface area contributed by atoms with E-state index in [0.717, 1.165) is 4.43 Å². The van der Waals surface area contributed by atoms with Gasteiger partial charge in [-0.3, -0.25) is 0 Å². The summed E-state index contributed by atoms with van der Waals surface area (Å²) in [5.41, 5.74) is 1.44. The molecule has 0 saturated carbocycles. The van der Waals surface area contributed by atoms with Crippen molar-refractivity contribution in [1.82, 2.24) is 0 Å². The van der Waals surface area contributed by atoms with Crippen LogP contribution in [0.2, 0.25) is 0 Å². The minimum Gasteiger partial charge on any atom is -0.152 e. The molecule has 7 heavy (non-hydrogen) atoms. The zero-order valence-corrected chi connectivity index (χ0v) is 6.70. The van der Waals surface area contributed by atoms with Gasteiger partial charge in [-0.05, 0) is 22.4 Å². The summed E-state index contributed by atoms with van der Waals surface area (Å²) in [6.45, 7) is 0. The van der Waals surface area contributed by atoms with Gasteiger partial charge >= 0.3 is 0 Å². The number of hydrogen-bond donors (Lipinski definition) is 0. The highest BCUT2D eigenvalue weighted by Crippen LogP contribution is 2.08. The lowest BCUT2D eigenvalue weighted by Gasteiger charge is -1.77. The zero-order chi connectivity index (χ0) is 5.11. The van der Waals surface area contributed by atoms with Gasteiger partial charge < -0.3 is 0 Å². The molecular weight excluding hydrogens is 219 g/mol. The lowest BCUT2D eigenvalue weighted by Crippen LogP contribution is -1.61. The Hall–Kier alpha value is 0.430. The van der Waals surface area contributed by atoms with Gasteiger partial charge in [-0.25, -0.2) is 0 Å². The van der Waals surface area contributed by atoms with Crippen molar-refractivity contribution in [2.75, 3.05) is 0 Å². The van der Waals surface area contributed by atoms with Crippen LogP contribution in [-0.2, 0) is 4.43 Å². The van der Waals surface area contributed by atoms with Crippen molar-refractivity contribution in [3.8, 4) is 0 Å². The topological polar surface area (TPSA) is 0 Å². The maximum atomic E-state index is 2.36. The van der Waals surface area contributed by atoms with Crippen LogP contribution in [0.3, 0.4) is 0 Å². The van der Waals surface area contributed by atoms with Gasteiger partial charge in [-0.1, -0.05) is 22.6 Å². The Kier molecular flexibility index (Phi) is 2.12. The number of rotatable bonds is 1. The summed E-state index contributed by atoms with van der Waals surface area (Å²) in [4.78, 5) is 0. The second-order valence-corrected chi connectivity index (χ2v) is 2.81. The highest BCUT2D eigenvalue weighted by molar-refractivity contribution is 14.1. The maximum absolute atomic E-state index is 2.36. The predicted molar refractivity (Wildman–Crippen MR) is 42.0 cm³/mol. The average Bonchev–Trinajstić information content (AvgIpc) is 2.14. The summed E-state index contributed by atoms with van der Waals surface area (Å²) >= 11 is 4.12. The van der Waals surface area contributed by atoms with Crippen LogP contribution in [0.1, 0.15) is 5.56 Å². The number of thiophene rings is 1. The third kappa shape index (κ3) is 1.42. The summed E-state index contributed by atoms with van der Waals surface area (Å²) in [5, 5.41) is 4.28. The standard InChI is InChI=1S/C5H5IS/c6-3-5-1-2-7-4-5/h1-2,4H,3H2. The molecule has 2 heteroatoms. The van der Waals surface area contributed by atoms with Crippen LogP contribution >= 0.6 is 33.9 Å². The van der Waals surface area contributed by atoms with E-state index in [0.29, 0.717) is 0 Å². The quantitative estimate of drug-likeness (QED) is 0.508. The van der Waals surface area contributed by atoms with E-state index in [9.17, 15) is 0 Å². The fourth-order valence-corrected chi connectivity index (χ4v) is 1.81. The molecule has 0 saturated heterocycles. The average molecular weight is 224 g/mol. The van der Waals surface area contributed by atoms with Gasteiger partial charge in [0.15, 0.2) is 0 Å². The van der Waals surface area contributed by atoms with Crippen molar-refractivity contribution >= 4 is 33.9 Å². The van der Waals surface area contributed by atoms with Crippen molar-refractivity contribution < 1.29 is 0 Å². The van der Waals surface area contributed by atoms with Gasteiger partial charge in [-0.2, -0.15) is 11.3 Å². The second-order valence-electron chi connectivity index (χ2n) is 1.27. The van der Waals surface area contributed by atoms with Crippen LogP contribution in [0.5, 0.6) is 0 Å². The minimum atomic E-state index is 1.14. The fourth-order valence-electron chi connectivity index (χ4n) is 0.369. The molecule has 0 N–H and O–H groups in total. The highest BCUT2D eigenvalue weighted by Gasteiger charge is 1.83. The zero-order valence-electron chi connectivity index (χ0n) is 3.73. The van der Waals surface area contributed by atoms with E-state index in [1.54, 1.807) is 11.3 Å². The first-order valence-electron chi connectivity index (χ1n) is 2.00. The largest absolute Gasteiger partial charge is 0.152 e. The molecule has 38 valence electrons. The Labute approximate surface area is 60.7 Å². The van der Waals surface area contributed by atoms with E-state index in [2.05, 4.69) is 39.4 Å². The first kappa shape index (κ1) is 5.56. The molecule has 0 fully saturated rings. The third-order valence-electron chi connectivity index (χ3n) is 0.734. The van der Waals surface area contributed by atoms with Gasteiger partial charge in [-0.15, -0.1) is 0 Å². The summed E-state index contributed by atoms with van der Waals surface area (Å²) in [5.74, 6) is 0. The molecule has 1 aromatic heterocycles. The van der Waals surface area contributed by atoms with Crippen LogP contribution in [-0.4, -0.2) is 0 Å². The van der Waals surface area contributed by atoms with Gasteiger partial charge in [0, 0.05) is 4.43 Å². The molecule has 1 heterocycles. The molecule has 0 spiro atoms. The molecule has 0 bridgehead atoms. The van der Waals surface area contributed by atoms with Crippen molar-refractivity contribution in [2.24, 2.45) is 0 Å². The molecule has 1 rings (SSSR count). The molecule has 0 aliphatic heterocycles. The fraction of sp³-hybridized carbons (Fsp3) is 0.200. The van der Waals surface area contributed by atoms with Gasteiger partial charge in [0.25, 0.3) is 0 Å². The minimum absolute atomic E-state index is 1.14. The Bertz CT molecular complexity index is 123. The molecule has 1 aromatic rings. The van der Waals surface area contributed by atoms with E-state index < -0.39 is 0 Å². The number of alkyl halides is 1. The normalized spacial score (nSPS) is 9.29. The van der Waals surface area contributed by atoms with E-state index in [-0.39, 0.29) is 0 Å². The van der Waals surface area contributed by atoms with Crippen LogP contribution in [0.25, 0.3) is 0 Å². The first-order valence-corrected chi connectivity index (χ1v) is 4.47. The molecule has 0 unspecified atom stereocenters. The Morgan fingerprint density at radius 1 is 1.71 bits per heavy atom. The van der Waals surface area contributed by atoms with E-state index in [4.69, 9.17) is 0 Å². The lowest BCUT2D eigenvalue weighted by molar-refractivity contribution is 1.53. The second kappa shape index (κ2) is 2.67. The molecule has 0 amide bonds. The molecule has 0 atom stereocenters. The van der Waals surface area contributed by atoms with Crippen LogP contribution < -0.4 is 0 Å². The molecule has 0 aliphatic rings. The Morgan fingerprint density at radius 3 is 2.86 bits per heavy atom. The Balaban J connectivity index is 2.76. The van der Waals surface area contributed by atoms with Crippen LogP contribution in [0.15, 0.2) is 16.8 Å². The summed E-state index contributed by atoms with van der Waals surface area (Å²) in [6.07, 6.45) is 0. The van der Waals surface area contributed by atoms with Gasteiger partial charge in [0.05, 0.1) is 0 Å². The lowest BCUT2D eigenvalue weighted by atomic mass is 10.4. The first-order chi connectivity index (χ1) is 3.43. The van der Waals surface area contributed by atoms with Crippen molar-refractivity contribution in [3.05, 3.63) is 22.4 Å². The predicted octanol–water partition coefficient (Wildman–Crippen LogP) is 2.68. The SMILES string of the molecule is ICc1ccsc1. The van der Waals surface area contributed by atoms with Crippen molar-refractivity contribution in [1.29, 1.82) is 0 Å². The number of halogens is 1. The molecule has 0 aliphatic carbocycles. The van der Waals surface area contributed by atoms with E-state index in [1.807, 2.05) is 0 Å². The summed E-state index contributed by atoms with van der Waals surface area (Å²) in [7, 11) is 0. The Morgan fingerprint density at radius 2 is 2.57 bits per heavy atom. The molecule has 0 aromatic carbocycles. The molecule has 0 nitrogen and oxygen atoms in total. The molecule has 0 radical (unpaired) electrons. The van der Waals surface area contributed by atoms with Crippen molar-refractivity contribution in [2.45, 2.75) is 4.43 Å².